The van der Waals surface area contributed by atoms with Gasteiger partial charge >= 0.3 is 5.97 Å². The van der Waals surface area contributed by atoms with Crippen LogP contribution < -0.4 is 0 Å². The zero-order chi connectivity index (χ0) is 17.3. The highest BCUT2D eigenvalue weighted by Gasteiger charge is 2.46. The van der Waals surface area contributed by atoms with Crippen LogP contribution in [-0.4, -0.2) is 57.9 Å². The predicted molar refractivity (Wildman–Crippen MR) is 91.9 cm³/mol. The predicted octanol–water partition coefficient (Wildman–Crippen LogP) is 1.26. The number of nitrogens with zero attached hydrogens (tertiary/aromatic N) is 3. The van der Waals surface area contributed by atoms with Crippen molar-refractivity contribution in [3.8, 4) is 0 Å². The van der Waals surface area contributed by atoms with Crippen LogP contribution in [0, 0.1) is 5.92 Å². The van der Waals surface area contributed by atoms with E-state index in [1.807, 2.05) is 30.3 Å². The van der Waals surface area contributed by atoms with Crippen LogP contribution in [0.25, 0.3) is 0 Å². The van der Waals surface area contributed by atoms with Crippen molar-refractivity contribution in [3.05, 3.63) is 54.6 Å². The highest BCUT2D eigenvalue weighted by molar-refractivity contribution is 5.83. The highest BCUT2D eigenvalue weighted by Crippen LogP contribution is 2.33. The number of hydrogen-bond acceptors (Lipinski definition) is 5. The van der Waals surface area contributed by atoms with Crippen LogP contribution in [-0.2, 0) is 15.1 Å². The third kappa shape index (κ3) is 2.75. The van der Waals surface area contributed by atoms with Crippen LogP contribution in [0.1, 0.15) is 18.4 Å². The van der Waals surface area contributed by atoms with Crippen LogP contribution in [0.5, 0.6) is 0 Å². The molecule has 3 fully saturated rings. The molecule has 3 aliphatic rings. The molecule has 0 saturated carbocycles. The molecule has 0 spiro atoms. The number of fused-ring (bicyclic) bond motifs is 3. The number of esters is 1. The number of piperidine rings is 3. The van der Waals surface area contributed by atoms with Gasteiger partial charge < -0.3 is 14.4 Å². The van der Waals surface area contributed by atoms with Crippen LogP contribution in [0.2, 0.25) is 0 Å². The molecule has 0 aliphatic carbocycles. The Balaban J connectivity index is 1.67. The van der Waals surface area contributed by atoms with Crippen LogP contribution in [0.3, 0.4) is 0 Å². The lowest BCUT2D eigenvalue weighted by molar-refractivity contribution is -0.169. The minimum Gasteiger partial charge on any atom is -0.459 e. The van der Waals surface area contributed by atoms with Crippen molar-refractivity contribution in [1.82, 2.24) is 14.5 Å². The second kappa shape index (κ2) is 6.61. The average Bonchev–Trinajstić information content (AvgIpc) is 3.20. The van der Waals surface area contributed by atoms with Gasteiger partial charge in [0.1, 0.15) is 6.10 Å². The Bertz CT molecular complexity index is 711. The lowest BCUT2D eigenvalue weighted by Crippen LogP contribution is -2.55. The third-order valence-electron chi connectivity index (χ3n) is 5.62. The van der Waals surface area contributed by atoms with Crippen molar-refractivity contribution >= 4 is 5.97 Å². The van der Waals surface area contributed by atoms with Gasteiger partial charge in [-0.15, -0.1) is 0 Å². The van der Waals surface area contributed by atoms with Gasteiger partial charge in [-0.1, -0.05) is 30.3 Å². The number of benzene rings is 1. The quantitative estimate of drug-likeness (QED) is 0.829. The number of aliphatic hydroxyl groups is 1. The number of imidazole rings is 1. The number of ether oxygens (including phenoxy) is 1. The van der Waals surface area contributed by atoms with Crippen molar-refractivity contribution in [2.45, 2.75) is 24.5 Å². The van der Waals surface area contributed by atoms with Crippen LogP contribution >= 0.6 is 0 Å². The molecule has 1 unspecified atom stereocenters. The van der Waals surface area contributed by atoms with Gasteiger partial charge in [0.2, 0.25) is 0 Å². The fourth-order valence-corrected chi connectivity index (χ4v) is 4.09. The van der Waals surface area contributed by atoms with Gasteiger partial charge in [-0.05, 0) is 37.4 Å². The maximum absolute atomic E-state index is 13.3. The molecule has 3 saturated heterocycles. The number of aliphatic hydroxyl groups excluding tert-OH is 1. The van der Waals surface area contributed by atoms with Gasteiger partial charge in [-0.2, -0.15) is 0 Å². The number of hydrogen-bond donors (Lipinski definition) is 1. The maximum atomic E-state index is 13.3. The van der Waals surface area contributed by atoms with Crippen molar-refractivity contribution in [2.75, 3.05) is 26.2 Å². The Morgan fingerprint density at radius 3 is 2.60 bits per heavy atom. The van der Waals surface area contributed by atoms with E-state index in [-0.39, 0.29) is 12.7 Å². The number of carbonyl (C=O) groups excluding carboxylic acids is 1. The Labute approximate surface area is 147 Å². The number of aromatic nitrogens is 2. The van der Waals surface area contributed by atoms with Crippen molar-refractivity contribution < 1.29 is 14.6 Å². The van der Waals surface area contributed by atoms with Crippen molar-refractivity contribution in [3.63, 3.8) is 0 Å². The Morgan fingerprint density at radius 1 is 1.28 bits per heavy atom. The summed E-state index contributed by atoms with van der Waals surface area (Å²) in [5, 5.41) is 10.3. The van der Waals surface area contributed by atoms with Crippen molar-refractivity contribution in [1.29, 1.82) is 0 Å². The standard InChI is InChI=1S/C19H23N3O3/c23-13-19(22-11-8-20-14-22,16-4-2-1-3-5-16)18(24)25-17-12-21-9-6-15(17)7-10-21/h1-5,8,11,14-15,17,23H,6-7,9-10,12-13H2/t17?,19-/m0/s1. The molecule has 25 heavy (non-hydrogen) atoms. The molecule has 6 nitrogen and oxygen atoms in total. The third-order valence-corrected chi connectivity index (χ3v) is 5.62. The van der Waals surface area contributed by atoms with Gasteiger partial charge in [0.25, 0.3) is 0 Å². The van der Waals surface area contributed by atoms with Gasteiger partial charge in [-0.3, -0.25) is 4.90 Å². The fraction of sp³-hybridized carbons (Fsp3) is 0.474. The minimum absolute atomic E-state index is 0.104. The molecule has 0 amide bonds. The van der Waals surface area contributed by atoms with E-state index in [1.54, 1.807) is 23.3 Å². The second-order valence-corrected chi connectivity index (χ2v) is 6.94. The molecular formula is C19H23N3O3. The van der Waals surface area contributed by atoms with E-state index < -0.39 is 11.5 Å². The summed E-state index contributed by atoms with van der Waals surface area (Å²) in [5.74, 6) is 0.00172. The molecule has 1 N–H and O–H groups in total. The normalized spacial score (nSPS) is 27.6. The summed E-state index contributed by atoms with van der Waals surface area (Å²) in [5.41, 5.74) is -0.606. The van der Waals surface area contributed by atoms with E-state index in [0.29, 0.717) is 11.5 Å². The molecule has 2 aromatic rings. The lowest BCUT2D eigenvalue weighted by Gasteiger charge is -2.45. The number of carbonyl (C=O) groups is 1. The summed E-state index contributed by atoms with van der Waals surface area (Å²) in [4.78, 5) is 19.7. The Kier molecular flexibility index (Phi) is 4.31. The van der Waals surface area contributed by atoms with E-state index in [9.17, 15) is 9.90 Å². The second-order valence-electron chi connectivity index (χ2n) is 6.94. The fourth-order valence-electron chi connectivity index (χ4n) is 4.09. The molecule has 6 heteroatoms. The molecule has 5 rings (SSSR count). The maximum Gasteiger partial charge on any atom is 0.339 e. The smallest absolute Gasteiger partial charge is 0.339 e. The lowest BCUT2D eigenvalue weighted by atomic mass is 9.85. The molecule has 2 bridgehead atoms. The molecule has 1 aromatic heterocycles. The SMILES string of the molecule is O=C(OC1CN2CCC1CC2)[C@](CO)(c1ccccc1)n1ccnc1. The topological polar surface area (TPSA) is 67.6 Å². The zero-order valence-corrected chi connectivity index (χ0v) is 14.1. The summed E-state index contributed by atoms with van der Waals surface area (Å²) < 4.78 is 7.62. The first-order valence-electron chi connectivity index (χ1n) is 8.82. The molecular weight excluding hydrogens is 318 g/mol. The van der Waals surface area contributed by atoms with Crippen LogP contribution in [0.4, 0.5) is 0 Å². The highest BCUT2D eigenvalue weighted by atomic mass is 16.5. The van der Waals surface area contributed by atoms with Gasteiger partial charge in [0, 0.05) is 18.9 Å². The van der Waals surface area contributed by atoms with E-state index in [0.717, 1.165) is 32.5 Å². The minimum atomic E-state index is -1.30. The van der Waals surface area contributed by atoms with E-state index in [1.165, 1.54) is 0 Å². The first-order chi connectivity index (χ1) is 12.2. The Hall–Kier alpha value is -2.18. The molecule has 1 aromatic carbocycles. The van der Waals surface area contributed by atoms with E-state index >= 15 is 0 Å². The van der Waals surface area contributed by atoms with Gasteiger partial charge in [0.05, 0.1) is 12.9 Å². The van der Waals surface area contributed by atoms with E-state index in [2.05, 4.69) is 9.88 Å². The van der Waals surface area contributed by atoms with Crippen molar-refractivity contribution in [2.24, 2.45) is 5.92 Å². The summed E-state index contributed by atoms with van der Waals surface area (Å²) >= 11 is 0. The molecule has 132 valence electrons. The monoisotopic (exact) mass is 341 g/mol. The summed E-state index contributed by atoms with van der Waals surface area (Å²) in [6.45, 7) is 2.58. The molecule has 4 heterocycles. The van der Waals surface area contributed by atoms with E-state index in [4.69, 9.17) is 4.74 Å². The summed E-state index contributed by atoms with van der Waals surface area (Å²) in [6.07, 6.45) is 6.89. The molecule has 2 atom stereocenters. The molecule has 0 radical (unpaired) electrons. The first-order valence-corrected chi connectivity index (χ1v) is 8.82. The van der Waals surface area contributed by atoms with Gasteiger partial charge in [-0.25, -0.2) is 9.78 Å². The number of rotatable bonds is 5. The molecule has 3 aliphatic heterocycles. The first kappa shape index (κ1) is 16.3. The summed E-state index contributed by atoms with van der Waals surface area (Å²) in [6, 6.07) is 9.29. The van der Waals surface area contributed by atoms with Crippen LogP contribution in [0.15, 0.2) is 49.1 Å². The largest absolute Gasteiger partial charge is 0.459 e. The summed E-state index contributed by atoms with van der Waals surface area (Å²) in [7, 11) is 0. The zero-order valence-electron chi connectivity index (χ0n) is 14.1. The van der Waals surface area contributed by atoms with Gasteiger partial charge in [0.15, 0.2) is 5.54 Å². The Morgan fingerprint density at radius 2 is 2.04 bits per heavy atom. The average molecular weight is 341 g/mol.